The Kier molecular flexibility index (Phi) is 5.75. The maximum Gasteiger partial charge on any atom is 0.116 e. The zero-order chi connectivity index (χ0) is 8.69. The second-order valence-electron chi connectivity index (χ2n) is 1.70. The van der Waals surface area contributed by atoms with Crippen LogP contribution in [-0.2, 0) is 0 Å². The van der Waals surface area contributed by atoms with Crippen LogP contribution >= 0.6 is 11.8 Å². The molecule has 0 saturated carbocycles. The van der Waals surface area contributed by atoms with E-state index in [1.807, 2.05) is 32.2 Å². The van der Waals surface area contributed by atoms with E-state index in [2.05, 4.69) is 0 Å². The van der Waals surface area contributed by atoms with E-state index in [0.29, 0.717) is 5.75 Å². The molecule has 11 heavy (non-hydrogen) atoms. The zero-order valence-electron chi connectivity index (χ0n) is 7.16. The number of hydrogen-bond acceptors (Lipinski definition) is 2. The van der Waals surface area contributed by atoms with Gasteiger partial charge in [-0.05, 0) is 24.5 Å². The number of aromatic hydroxyl groups is 1. The molecular weight excluding hydrogens is 156 g/mol. The molecule has 0 atom stereocenters. The van der Waals surface area contributed by atoms with E-state index < -0.39 is 0 Å². The Bertz CT molecular complexity index is 199. The van der Waals surface area contributed by atoms with Crippen molar-refractivity contribution in [1.29, 1.82) is 0 Å². The molecule has 0 saturated heterocycles. The predicted molar refractivity (Wildman–Crippen MR) is 51.2 cm³/mol. The first-order valence-electron chi connectivity index (χ1n) is 3.66. The average molecular weight is 170 g/mol. The highest BCUT2D eigenvalue weighted by Crippen LogP contribution is 2.18. The molecule has 0 unspecified atom stereocenters. The third kappa shape index (κ3) is 3.94. The average Bonchev–Trinajstić information content (AvgIpc) is 2.08. The molecule has 1 nitrogen and oxygen atoms in total. The van der Waals surface area contributed by atoms with Gasteiger partial charge in [0.25, 0.3) is 0 Å². The van der Waals surface area contributed by atoms with Crippen LogP contribution < -0.4 is 0 Å². The van der Waals surface area contributed by atoms with Gasteiger partial charge in [0.2, 0.25) is 0 Å². The molecule has 0 aliphatic carbocycles. The van der Waals surface area contributed by atoms with Crippen LogP contribution in [0.15, 0.2) is 29.2 Å². The Hall–Kier alpha value is -0.630. The van der Waals surface area contributed by atoms with Crippen molar-refractivity contribution in [2.45, 2.75) is 18.7 Å². The summed E-state index contributed by atoms with van der Waals surface area (Å²) in [6.07, 6.45) is 1.98. The summed E-state index contributed by atoms with van der Waals surface area (Å²) in [6.45, 7) is 4.00. The van der Waals surface area contributed by atoms with Gasteiger partial charge >= 0.3 is 0 Å². The molecule has 0 heterocycles. The van der Waals surface area contributed by atoms with Crippen LogP contribution in [0.3, 0.4) is 0 Å². The molecule has 0 bridgehead atoms. The minimum atomic E-state index is 0.335. The molecule has 2 heteroatoms. The standard InChI is InChI=1S/C7H8OS.C2H6/c1-9-7-4-2-3-6(8)5-7;1-2/h2-5,8H,1H3;1-2H3. The predicted octanol–water partition coefficient (Wildman–Crippen LogP) is 3.14. The molecular formula is C9H14OS. The highest BCUT2D eigenvalue weighted by Gasteiger charge is 1.88. The van der Waals surface area contributed by atoms with E-state index in [1.54, 1.807) is 23.9 Å². The second-order valence-corrected chi connectivity index (χ2v) is 2.58. The highest BCUT2D eigenvalue weighted by molar-refractivity contribution is 7.98. The normalized spacial score (nSPS) is 8.27. The second kappa shape index (κ2) is 6.10. The molecule has 0 fully saturated rings. The minimum Gasteiger partial charge on any atom is -0.508 e. The summed E-state index contributed by atoms with van der Waals surface area (Å²) in [5.41, 5.74) is 0. The first-order chi connectivity index (χ1) is 5.33. The van der Waals surface area contributed by atoms with Gasteiger partial charge in [-0.25, -0.2) is 0 Å². The first-order valence-corrected chi connectivity index (χ1v) is 4.88. The van der Waals surface area contributed by atoms with Gasteiger partial charge in [0.15, 0.2) is 0 Å². The van der Waals surface area contributed by atoms with Gasteiger partial charge in [-0.15, -0.1) is 11.8 Å². The van der Waals surface area contributed by atoms with E-state index in [0.717, 1.165) is 4.90 Å². The van der Waals surface area contributed by atoms with Crippen LogP contribution in [0.2, 0.25) is 0 Å². The summed E-state index contributed by atoms with van der Waals surface area (Å²) < 4.78 is 0. The van der Waals surface area contributed by atoms with Gasteiger partial charge < -0.3 is 5.11 Å². The number of hydrogen-bond donors (Lipinski definition) is 1. The van der Waals surface area contributed by atoms with Crippen molar-refractivity contribution in [3.8, 4) is 5.75 Å². The number of benzene rings is 1. The van der Waals surface area contributed by atoms with E-state index >= 15 is 0 Å². The maximum absolute atomic E-state index is 8.93. The zero-order valence-corrected chi connectivity index (χ0v) is 7.98. The van der Waals surface area contributed by atoms with Gasteiger partial charge in [-0.1, -0.05) is 19.9 Å². The van der Waals surface area contributed by atoms with Gasteiger partial charge in [-0.2, -0.15) is 0 Å². The Balaban J connectivity index is 0.000000461. The Morgan fingerprint density at radius 3 is 2.27 bits per heavy atom. The van der Waals surface area contributed by atoms with Crippen molar-refractivity contribution >= 4 is 11.8 Å². The third-order valence-corrected chi connectivity index (χ3v) is 1.78. The summed E-state index contributed by atoms with van der Waals surface area (Å²) >= 11 is 1.62. The van der Waals surface area contributed by atoms with E-state index in [-0.39, 0.29) is 0 Å². The van der Waals surface area contributed by atoms with Crippen molar-refractivity contribution in [3.63, 3.8) is 0 Å². The fourth-order valence-electron chi connectivity index (χ4n) is 0.610. The van der Waals surface area contributed by atoms with Crippen molar-refractivity contribution in [2.75, 3.05) is 6.26 Å². The SMILES string of the molecule is CC.CSc1cccc(O)c1. The van der Waals surface area contributed by atoms with Crippen LogP contribution in [0, 0.1) is 0 Å². The Labute approximate surface area is 72.4 Å². The first kappa shape index (κ1) is 10.4. The quantitative estimate of drug-likeness (QED) is 0.653. The van der Waals surface area contributed by atoms with Crippen LogP contribution in [0.5, 0.6) is 5.75 Å². The van der Waals surface area contributed by atoms with Crippen LogP contribution in [0.1, 0.15) is 13.8 Å². The lowest BCUT2D eigenvalue weighted by atomic mass is 10.3. The summed E-state index contributed by atoms with van der Waals surface area (Å²) in [5, 5.41) is 8.93. The Morgan fingerprint density at radius 1 is 1.27 bits per heavy atom. The van der Waals surface area contributed by atoms with Crippen molar-refractivity contribution < 1.29 is 5.11 Å². The number of rotatable bonds is 1. The maximum atomic E-state index is 8.93. The van der Waals surface area contributed by atoms with Gasteiger partial charge in [0.1, 0.15) is 5.75 Å². The van der Waals surface area contributed by atoms with E-state index in [9.17, 15) is 0 Å². The lowest BCUT2D eigenvalue weighted by molar-refractivity contribution is 0.474. The number of phenolic OH excluding ortho intramolecular Hbond substituents is 1. The van der Waals surface area contributed by atoms with Gasteiger partial charge in [0, 0.05) is 4.90 Å². The molecule has 0 aliphatic heterocycles. The van der Waals surface area contributed by atoms with Crippen LogP contribution in [0.4, 0.5) is 0 Å². The molecule has 0 amide bonds. The summed E-state index contributed by atoms with van der Waals surface area (Å²) in [5.74, 6) is 0.335. The van der Waals surface area contributed by atoms with E-state index in [4.69, 9.17) is 5.11 Å². The summed E-state index contributed by atoms with van der Waals surface area (Å²) in [4.78, 5) is 1.09. The van der Waals surface area contributed by atoms with Crippen molar-refractivity contribution in [1.82, 2.24) is 0 Å². The number of phenols is 1. The van der Waals surface area contributed by atoms with Gasteiger partial charge in [-0.3, -0.25) is 0 Å². The van der Waals surface area contributed by atoms with Crippen LogP contribution in [-0.4, -0.2) is 11.4 Å². The summed E-state index contributed by atoms with van der Waals surface area (Å²) in [7, 11) is 0. The Morgan fingerprint density at radius 2 is 1.91 bits per heavy atom. The topological polar surface area (TPSA) is 20.2 Å². The van der Waals surface area contributed by atoms with Crippen LogP contribution in [0.25, 0.3) is 0 Å². The van der Waals surface area contributed by atoms with Crippen molar-refractivity contribution in [2.24, 2.45) is 0 Å². The molecule has 0 aliphatic rings. The van der Waals surface area contributed by atoms with Crippen molar-refractivity contribution in [3.05, 3.63) is 24.3 Å². The molecule has 62 valence electrons. The molecule has 1 aromatic rings. The van der Waals surface area contributed by atoms with E-state index in [1.165, 1.54) is 0 Å². The van der Waals surface area contributed by atoms with Gasteiger partial charge in [0.05, 0.1) is 0 Å². The largest absolute Gasteiger partial charge is 0.508 e. The summed E-state index contributed by atoms with van der Waals surface area (Å²) in [6, 6.07) is 7.20. The third-order valence-electron chi connectivity index (χ3n) is 1.05. The molecule has 1 N–H and O–H groups in total. The molecule has 1 rings (SSSR count). The molecule has 0 spiro atoms. The monoisotopic (exact) mass is 170 g/mol. The lowest BCUT2D eigenvalue weighted by Gasteiger charge is -1.93. The lowest BCUT2D eigenvalue weighted by Crippen LogP contribution is -1.66. The fourth-order valence-corrected chi connectivity index (χ4v) is 1.06. The fraction of sp³-hybridized carbons (Fsp3) is 0.333. The molecule has 0 radical (unpaired) electrons. The molecule has 0 aromatic heterocycles. The minimum absolute atomic E-state index is 0.335. The molecule has 1 aromatic carbocycles. The smallest absolute Gasteiger partial charge is 0.116 e. The highest BCUT2D eigenvalue weighted by atomic mass is 32.2. The number of thioether (sulfide) groups is 1.